The van der Waals surface area contributed by atoms with Gasteiger partial charge >= 0.3 is 6.03 Å². The molecule has 0 aromatic carbocycles. The number of hydrogen-bond acceptors (Lipinski definition) is 3. The molecule has 1 N–H and O–H groups in total. The summed E-state index contributed by atoms with van der Waals surface area (Å²) in [5, 5.41) is 2.45. The monoisotopic (exact) mass is 240 g/mol. The minimum absolute atomic E-state index is 0.101. The molecule has 2 fully saturated rings. The Hall–Kier alpha value is -1.10. The second kappa shape index (κ2) is 5.04. The first-order valence-corrected chi connectivity index (χ1v) is 6.41. The maximum absolute atomic E-state index is 11.9. The number of imide groups is 1. The fraction of sp³-hybridized carbons (Fsp3) is 0.833. The van der Waals surface area contributed by atoms with Crippen LogP contribution in [0.2, 0.25) is 0 Å². The van der Waals surface area contributed by atoms with Crippen LogP contribution >= 0.6 is 0 Å². The highest BCUT2D eigenvalue weighted by Gasteiger charge is 2.53. The SMILES string of the molecule is CCOCCCN1C(=O)NC(=O)C12CCCC2. The molecule has 1 heterocycles. The third-order valence-electron chi connectivity index (χ3n) is 3.71. The summed E-state index contributed by atoms with van der Waals surface area (Å²) in [7, 11) is 0. The van der Waals surface area contributed by atoms with E-state index >= 15 is 0 Å². The van der Waals surface area contributed by atoms with Crippen molar-refractivity contribution in [3.63, 3.8) is 0 Å². The normalized spacial score (nSPS) is 22.5. The van der Waals surface area contributed by atoms with E-state index < -0.39 is 5.54 Å². The van der Waals surface area contributed by atoms with Crippen molar-refractivity contribution in [1.29, 1.82) is 0 Å². The molecule has 0 aromatic rings. The lowest BCUT2D eigenvalue weighted by atomic mass is 9.96. The van der Waals surface area contributed by atoms with Gasteiger partial charge in [-0.15, -0.1) is 0 Å². The quantitative estimate of drug-likeness (QED) is 0.581. The molecule has 5 nitrogen and oxygen atoms in total. The molecule has 1 aliphatic carbocycles. The molecule has 1 saturated carbocycles. The molecule has 1 spiro atoms. The van der Waals surface area contributed by atoms with E-state index in [0.29, 0.717) is 19.8 Å². The lowest BCUT2D eigenvalue weighted by Crippen LogP contribution is -2.47. The van der Waals surface area contributed by atoms with Crippen molar-refractivity contribution in [3.8, 4) is 0 Å². The number of urea groups is 1. The largest absolute Gasteiger partial charge is 0.382 e. The average molecular weight is 240 g/mol. The number of carbonyl (C=O) groups is 2. The summed E-state index contributed by atoms with van der Waals surface area (Å²) < 4.78 is 5.26. The molecule has 0 aromatic heterocycles. The third kappa shape index (κ3) is 2.16. The van der Waals surface area contributed by atoms with Gasteiger partial charge in [0.2, 0.25) is 0 Å². The number of nitrogens with zero attached hydrogens (tertiary/aromatic N) is 1. The maximum Gasteiger partial charge on any atom is 0.325 e. The number of nitrogens with one attached hydrogen (secondary N) is 1. The first-order valence-electron chi connectivity index (χ1n) is 6.41. The minimum atomic E-state index is -0.538. The Morgan fingerprint density at radius 2 is 2.06 bits per heavy atom. The number of ether oxygens (including phenoxy) is 1. The van der Waals surface area contributed by atoms with E-state index in [1.807, 2.05) is 6.92 Å². The maximum atomic E-state index is 11.9. The lowest BCUT2D eigenvalue weighted by molar-refractivity contribution is -0.126. The topological polar surface area (TPSA) is 58.6 Å². The molecule has 96 valence electrons. The first-order chi connectivity index (χ1) is 8.20. The van der Waals surface area contributed by atoms with Crippen LogP contribution < -0.4 is 5.32 Å². The van der Waals surface area contributed by atoms with E-state index in [0.717, 1.165) is 32.1 Å². The van der Waals surface area contributed by atoms with Crippen LogP contribution in [0.15, 0.2) is 0 Å². The fourth-order valence-corrected chi connectivity index (χ4v) is 2.84. The van der Waals surface area contributed by atoms with Gasteiger partial charge in [-0.25, -0.2) is 4.79 Å². The zero-order valence-electron chi connectivity index (χ0n) is 10.3. The molecule has 0 atom stereocenters. The molecule has 0 bridgehead atoms. The second-order valence-electron chi connectivity index (χ2n) is 4.70. The number of rotatable bonds is 5. The van der Waals surface area contributed by atoms with Crippen molar-refractivity contribution in [2.75, 3.05) is 19.8 Å². The van der Waals surface area contributed by atoms with E-state index in [1.165, 1.54) is 0 Å². The Morgan fingerprint density at radius 1 is 1.35 bits per heavy atom. The molecule has 1 aliphatic heterocycles. The predicted molar refractivity (Wildman–Crippen MR) is 62.6 cm³/mol. The zero-order valence-corrected chi connectivity index (χ0v) is 10.3. The van der Waals surface area contributed by atoms with Gasteiger partial charge < -0.3 is 9.64 Å². The predicted octanol–water partition coefficient (Wildman–Crippen LogP) is 1.28. The summed E-state index contributed by atoms with van der Waals surface area (Å²) in [5.74, 6) is -0.101. The van der Waals surface area contributed by atoms with E-state index in [4.69, 9.17) is 4.74 Å². The van der Waals surface area contributed by atoms with Crippen molar-refractivity contribution >= 4 is 11.9 Å². The fourth-order valence-electron chi connectivity index (χ4n) is 2.84. The highest BCUT2D eigenvalue weighted by Crippen LogP contribution is 2.38. The molecule has 3 amide bonds. The van der Waals surface area contributed by atoms with Crippen molar-refractivity contribution in [2.45, 2.75) is 44.6 Å². The van der Waals surface area contributed by atoms with Crippen LogP contribution in [-0.4, -0.2) is 42.1 Å². The molecule has 0 radical (unpaired) electrons. The molecule has 0 unspecified atom stereocenters. The van der Waals surface area contributed by atoms with E-state index in [-0.39, 0.29) is 11.9 Å². The van der Waals surface area contributed by atoms with Crippen LogP contribution in [0.1, 0.15) is 39.0 Å². The van der Waals surface area contributed by atoms with E-state index in [9.17, 15) is 9.59 Å². The summed E-state index contributed by atoms with van der Waals surface area (Å²) in [4.78, 5) is 25.4. The Morgan fingerprint density at radius 3 is 2.71 bits per heavy atom. The smallest absolute Gasteiger partial charge is 0.325 e. The highest BCUT2D eigenvalue weighted by atomic mass is 16.5. The summed E-state index contributed by atoms with van der Waals surface area (Å²) in [5.41, 5.74) is -0.538. The molecule has 2 rings (SSSR count). The lowest BCUT2D eigenvalue weighted by Gasteiger charge is -2.31. The van der Waals surface area contributed by atoms with Gasteiger partial charge in [0.05, 0.1) is 0 Å². The van der Waals surface area contributed by atoms with Crippen molar-refractivity contribution in [3.05, 3.63) is 0 Å². The molecule has 2 aliphatic rings. The Kier molecular flexibility index (Phi) is 3.66. The van der Waals surface area contributed by atoms with Crippen LogP contribution in [0.25, 0.3) is 0 Å². The average Bonchev–Trinajstić information content (AvgIpc) is 2.86. The summed E-state index contributed by atoms with van der Waals surface area (Å²) in [6.45, 7) is 3.89. The van der Waals surface area contributed by atoms with E-state index in [1.54, 1.807) is 4.90 Å². The molecule has 1 saturated heterocycles. The van der Waals surface area contributed by atoms with Crippen molar-refractivity contribution < 1.29 is 14.3 Å². The van der Waals surface area contributed by atoms with Gasteiger partial charge in [0.1, 0.15) is 5.54 Å². The summed E-state index contributed by atoms with van der Waals surface area (Å²) in [6, 6.07) is -0.228. The van der Waals surface area contributed by atoms with Gasteiger partial charge in [0.25, 0.3) is 5.91 Å². The van der Waals surface area contributed by atoms with Crippen LogP contribution in [0.3, 0.4) is 0 Å². The van der Waals surface area contributed by atoms with Gasteiger partial charge in [0.15, 0.2) is 0 Å². The molecule has 5 heteroatoms. The standard InChI is InChI=1S/C12H20N2O3/c1-2-17-9-5-8-14-11(16)13-10(15)12(14)6-3-4-7-12/h2-9H2,1H3,(H,13,15,16). The number of carbonyl (C=O) groups excluding carboxylic acids is 2. The minimum Gasteiger partial charge on any atom is -0.382 e. The highest BCUT2D eigenvalue weighted by molar-refractivity contribution is 6.07. The Bertz CT molecular complexity index is 311. The third-order valence-corrected chi connectivity index (χ3v) is 3.71. The van der Waals surface area contributed by atoms with Crippen LogP contribution in [0.4, 0.5) is 4.79 Å². The molecular weight excluding hydrogens is 220 g/mol. The molecular formula is C12H20N2O3. The van der Waals surface area contributed by atoms with Gasteiger partial charge in [0, 0.05) is 19.8 Å². The van der Waals surface area contributed by atoms with E-state index in [2.05, 4.69) is 5.32 Å². The van der Waals surface area contributed by atoms with Gasteiger partial charge in [-0.05, 0) is 26.2 Å². The Balaban J connectivity index is 1.97. The van der Waals surface area contributed by atoms with Crippen LogP contribution in [-0.2, 0) is 9.53 Å². The van der Waals surface area contributed by atoms with Gasteiger partial charge in [-0.3, -0.25) is 10.1 Å². The number of amides is 3. The first kappa shape index (κ1) is 12.4. The van der Waals surface area contributed by atoms with Crippen LogP contribution in [0.5, 0.6) is 0 Å². The summed E-state index contributed by atoms with van der Waals surface area (Å²) >= 11 is 0. The zero-order chi connectivity index (χ0) is 12.3. The van der Waals surface area contributed by atoms with Crippen LogP contribution in [0, 0.1) is 0 Å². The number of hydrogen-bond donors (Lipinski definition) is 1. The van der Waals surface area contributed by atoms with Gasteiger partial charge in [-0.1, -0.05) is 12.8 Å². The second-order valence-corrected chi connectivity index (χ2v) is 4.70. The van der Waals surface area contributed by atoms with Crippen molar-refractivity contribution in [2.24, 2.45) is 0 Å². The Labute approximate surface area is 101 Å². The summed E-state index contributed by atoms with van der Waals surface area (Å²) in [6.07, 6.45) is 4.46. The molecule has 17 heavy (non-hydrogen) atoms. The van der Waals surface area contributed by atoms with Crippen molar-refractivity contribution in [1.82, 2.24) is 10.2 Å². The van der Waals surface area contributed by atoms with Gasteiger partial charge in [-0.2, -0.15) is 0 Å².